The Morgan fingerprint density at radius 3 is 2.15 bits per heavy atom. The molecule has 0 saturated carbocycles. The van der Waals surface area contributed by atoms with Gasteiger partial charge < -0.3 is 15.0 Å². The summed E-state index contributed by atoms with van der Waals surface area (Å²) in [6, 6.07) is 16.7. The zero-order valence-electron chi connectivity index (χ0n) is 14.7. The Morgan fingerprint density at radius 2 is 1.56 bits per heavy atom. The van der Waals surface area contributed by atoms with E-state index in [2.05, 4.69) is 57.3 Å². The van der Waals surface area contributed by atoms with Gasteiger partial charge >= 0.3 is 6.09 Å². The van der Waals surface area contributed by atoms with Crippen molar-refractivity contribution in [2.75, 3.05) is 13.1 Å². The number of halogens is 1. The third kappa shape index (κ3) is 3.90. The van der Waals surface area contributed by atoms with Crippen molar-refractivity contribution in [3.05, 3.63) is 65.0 Å². The van der Waals surface area contributed by atoms with Crippen LogP contribution in [0.25, 0.3) is 22.4 Å². The highest BCUT2D eigenvalue weighted by Crippen LogP contribution is 2.29. The number of H-pyrrole nitrogens is 1. The number of aromatic amines is 1. The number of imidazole rings is 1. The largest absolute Gasteiger partial charge is 0.465 e. The van der Waals surface area contributed by atoms with Crippen LogP contribution in [0, 0.1) is 0 Å². The summed E-state index contributed by atoms with van der Waals surface area (Å²) in [5.41, 5.74) is 4.34. The van der Waals surface area contributed by atoms with Crippen LogP contribution in [0.15, 0.2) is 59.2 Å². The second-order valence-electron chi connectivity index (χ2n) is 6.80. The van der Waals surface area contributed by atoms with Gasteiger partial charge in [-0.15, -0.1) is 0 Å². The van der Waals surface area contributed by atoms with Crippen molar-refractivity contribution in [2.24, 2.45) is 0 Å². The van der Waals surface area contributed by atoms with Crippen LogP contribution >= 0.6 is 15.9 Å². The van der Waals surface area contributed by atoms with Gasteiger partial charge in [-0.2, -0.15) is 0 Å². The van der Waals surface area contributed by atoms with E-state index in [9.17, 15) is 4.79 Å². The van der Waals surface area contributed by atoms with E-state index in [0.717, 1.165) is 34.4 Å². The molecule has 3 aromatic rings. The number of rotatable bonds is 3. The van der Waals surface area contributed by atoms with E-state index in [0.29, 0.717) is 13.1 Å². The highest BCUT2D eigenvalue weighted by Gasteiger charge is 2.25. The minimum atomic E-state index is -0.834. The summed E-state index contributed by atoms with van der Waals surface area (Å²) >= 11 is 3.46. The number of aromatic nitrogens is 2. The second kappa shape index (κ2) is 7.56. The minimum absolute atomic E-state index is 0.288. The number of hydrogen-bond donors (Lipinski definition) is 2. The van der Waals surface area contributed by atoms with Gasteiger partial charge in [0.15, 0.2) is 0 Å². The fourth-order valence-electron chi connectivity index (χ4n) is 3.51. The number of likely N-dealkylation sites (tertiary alicyclic amines) is 1. The monoisotopic (exact) mass is 425 g/mol. The Kier molecular flexibility index (Phi) is 4.99. The molecule has 1 fully saturated rings. The van der Waals surface area contributed by atoms with E-state index in [1.54, 1.807) is 0 Å². The third-order valence-electron chi connectivity index (χ3n) is 5.11. The number of carbonyl (C=O) groups is 1. The van der Waals surface area contributed by atoms with Crippen molar-refractivity contribution in [3.63, 3.8) is 0 Å². The molecule has 0 spiro atoms. The fourth-order valence-corrected chi connectivity index (χ4v) is 3.78. The highest BCUT2D eigenvalue weighted by molar-refractivity contribution is 9.10. The lowest BCUT2D eigenvalue weighted by Crippen LogP contribution is -2.37. The number of hydrogen-bond acceptors (Lipinski definition) is 2. The zero-order chi connectivity index (χ0) is 18.8. The van der Waals surface area contributed by atoms with Gasteiger partial charge in [0, 0.05) is 35.2 Å². The summed E-state index contributed by atoms with van der Waals surface area (Å²) in [6.45, 7) is 1.13. The van der Waals surface area contributed by atoms with Crippen LogP contribution in [-0.2, 0) is 0 Å². The highest BCUT2D eigenvalue weighted by atomic mass is 79.9. The second-order valence-corrected chi connectivity index (χ2v) is 7.71. The summed E-state index contributed by atoms with van der Waals surface area (Å²) in [5, 5.41) is 9.07. The van der Waals surface area contributed by atoms with Crippen LogP contribution < -0.4 is 0 Å². The van der Waals surface area contributed by atoms with Gasteiger partial charge in [0.25, 0.3) is 0 Å². The van der Waals surface area contributed by atoms with Crippen LogP contribution in [0.5, 0.6) is 0 Å². The number of nitrogens with zero attached hydrogens (tertiary/aromatic N) is 2. The van der Waals surface area contributed by atoms with Crippen LogP contribution in [0.4, 0.5) is 4.79 Å². The Labute approximate surface area is 166 Å². The van der Waals surface area contributed by atoms with Crippen LogP contribution in [0.2, 0.25) is 0 Å². The molecule has 0 radical (unpaired) electrons. The van der Waals surface area contributed by atoms with Gasteiger partial charge in [-0.05, 0) is 36.1 Å². The summed E-state index contributed by atoms with van der Waals surface area (Å²) < 4.78 is 1.07. The first-order valence-corrected chi connectivity index (χ1v) is 9.79. The van der Waals surface area contributed by atoms with E-state index < -0.39 is 6.09 Å². The zero-order valence-corrected chi connectivity index (χ0v) is 16.3. The van der Waals surface area contributed by atoms with Crippen LogP contribution in [0.1, 0.15) is 24.6 Å². The van der Waals surface area contributed by atoms with E-state index in [4.69, 9.17) is 10.1 Å². The van der Waals surface area contributed by atoms with E-state index in [1.165, 1.54) is 16.0 Å². The van der Waals surface area contributed by atoms with Crippen molar-refractivity contribution in [1.29, 1.82) is 0 Å². The lowest BCUT2D eigenvalue weighted by molar-refractivity contribution is 0.131. The average molecular weight is 426 g/mol. The van der Waals surface area contributed by atoms with Crippen molar-refractivity contribution in [2.45, 2.75) is 18.8 Å². The molecule has 0 atom stereocenters. The van der Waals surface area contributed by atoms with Gasteiger partial charge in [-0.25, -0.2) is 9.78 Å². The topological polar surface area (TPSA) is 69.2 Å². The molecule has 1 aliphatic rings. The number of carboxylic acid groups (broad SMARTS) is 1. The van der Waals surface area contributed by atoms with Gasteiger partial charge in [-0.3, -0.25) is 0 Å². The predicted molar refractivity (Wildman–Crippen MR) is 109 cm³/mol. The Hall–Kier alpha value is -2.60. The molecule has 6 heteroatoms. The Balaban J connectivity index is 1.47. The van der Waals surface area contributed by atoms with Crippen molar-refractivity contribution in [3.8, 4) is 22.4 Å². The molecule has 2 heterocycles. The van der Waals surface area contributed by atoms with E-state index in [1.807, 2.05) is 18.3 Å². The first kappa shape index (κ1) is 17.8. The number of nitrogens with one attached hydrogen (secondary N) is 1. The molecule has 4 rings (SSSR count). The molecule has 2 aromatic carbocycles. The maximum atomic E-state index is 11.0. The molecular weight excluding hydrogens is 406 g/mol. The fraction of sp³-hybridized carbons (Fsp3) is 0.238. The molecule has 138 valence electrons. The average Bonchev–Trinajstić information content (AvgIpc) is 3.19. The standard InChI is InChI=1S/C21H20BrN3O2/c22-18-7-5-15(6-8-18)14-1-3-16(4-2-14)19-13-23-20(24-19)17-9-11-25(12-10-17)21(26)27/h1-8,13,17H,9-12H2,(H,23,24)(H,26,27). The summed E-state index contributed by atoms with van der Waals surface area (Å²) in [7, 11) is 0. The lowest BCUT2D eigenvalue weighted by atomic mass is 9.96. The molecule has 27 heavy (non-hydrogen) atoms. The molecule has 1 saturated heterocycles. The first-order valence-electron chi connectivity index (χ1n) is 9.00. The molecule has 5 nitrogen and oxygen atoms in total. The van der Waals surface area contributed by atoms with Gasteiger partial charge in [-0.1, -0.05) is 52.3 Å². The van der Waals surface area contributed by atoms with Crippen LogP contribution in [0.3, 0.4) is 0 Å². The first-order chi connectivity index (χ1) is 13.1. The Morgan fingerprint density at radius 1 is 1.00 bits per heavy atom. The maximum absolute atomic E-state index is 11.0. The summed E-state index contributed by atoms with van der Waals surface area (Å²) in [6.07, 6.45) is 2.72. The van der Waals surface area contributed by atoms with Crippen molar-refractivity contribution >= 4 is 22.0 Å². The van der Waals surface area contributed by atoms with Crippen LogP contribution in [-0.4, -0.2) is 39.2 Å². The lowest BCUT2D eigenvalue weighted by Gasteiger charge is -2.28. The summed E-state index contributed by atoms with van der Waals surface area (Å²) in [4.78, 5) is 20.6. The molecule has 1 aromatic heterocycles. The van der Waals surface area contributed by atoms with E-state index >= 15 is 0 Å². The van der Waals surface area contributed by atoms with E-state index in [-0.39, 0.29) is 5.92 Å². The van der Waals surface area contributed by atoms with Crippen molar-refractivity contribution < 1.29 is 9.90 Å². The van der Waals surface area contributed by atoms with Gasteiger partial charge in [0.2, 0.25) is 0 Å². The molecule has 0 bridgehead atoms. The Bertz CT molecular complexity index is 927. The predicted octanol–water partition coefficient (Wildman–Crippen LogP) is 5.36. The SMILES string of the molecule is O=C(O)N1CCC(c2nc(-c3ccc(-c4ccc(Br)cc4)cc3)c[nH]2)CC1. The van der Waals surface area contributed by atoms with Gasteiger partial charge in [0.05, 0.1) is 5.69 Å². The number of benzene rings is 2. The molecule has 1 aliphatic heterocycles. The minimum Gasteiger partial charge on any atom is -0.465 e. The molecule has 0 unspecified atom stereocenters. The number of piperidine rings is 1. The quantitative estimate of drug-likeness (QED) is 0.592. The number of amides is 1. The normalized spacial score (nSPS) is 15.1. The summed E-state index contributed by atoms with van der Waals surface area (Å²) in [5.74, 6) is 1.24. The van der Waals surface area contributed by atoms with Crippen molar-refractivity contribution in [1.82, 2.24) is 14.9 Å². The third-order valence-corrected chi connectivity index (χ3v) is 5.64. The smallest absolute Gasteiger partial charge is 0.407 e. The molecule has 0 aliphatic carbocycles. The maximum Gasteiger partial charge on any atom is 0.407 e. The molecule has 1 amide bonds. The molecular formula is C21H20BrN3O2. The van der Waals surface area contributed by atoms with Gasteiger partial charge in [0.1, 0.15) is 5.82 Å². The molecule has 2 N–H and O–H groups in total.